The highest BCUT2D eigenvalue weighted by atomic mass is 32.1. The monoisotopic (exact) mass is 273 g/mol. The number of carboxylic acids is 1. The van der Waals surface area contributed by atoms with Gasteiger partial charge in [-0.1, -0.05) is 0 Å². The molecule has 0 fully saturated rings. The highest BCUT2D eigenvalue weighted by Gasteiger charge is 2.21. The van der Waals surface area contributed by atoms with E-state index in [-0.39, 0.29) is 10.8 Å². The summed E-state index contributed by atoms with van der Waals surface area (Å²) in [5.41, 5.74) is 5.53. The third-order valence-corrected chi connectivity index (χ3v) is 2.87. The number of methoxy groups -OCH3 is 1. The number of carbonyl (C=O) groups is 2. The Kier molecular flexibility index (Phi) is 5.53. The van der Waals surface area contributed by atoms with Gasteiger partial charge in [-0.15, -0.1) is 11.3 Å². The largest absolute Gasteiger partial charge is 0.480 e. The number of nitrogens with zero attached hydrogens (tertiary/aromatic N) is 1. The molecule has 1 atom stereocenters. The van der Waals surface area contributed by atoms with Crippen molar-refractivity contribution in [1.82, 2.24) is 10.3 Å². The van der Waals surface area contributed by atoms with Crippen molar-refractivity contribution in [2.75, 3.05) is 19.5 Å². The molecule has 0 radical (unpaired) electrons. The topological polar surface area (TPSA) is 115 Å². The molecule has 0 spiro atoms. The second-order valence-corrected chi connectivity index (χ2v) is 4.46. The molecular formula is C10H15N3O4S. The van der Waals surface area contributed by atoms with E-state index in [1.54, 1.807) is 0 Å². The first-order valence-electron chi connectivity index (χ1n) is 5.28. The van der Waals surface area contributed by atoms with E-state index in [4.69, 9.17) is 15.6 Å². The van der Waals surface area contributed by atoms with Crippen molar-refractivity contribution in [3.63, 3.8) is 0 Å². The summed E-state index contributed by atoms with van der Waals surface area (Å²) in [6.45, 7) is 0.448. The highest BCUT2D eigenvalue weighted by molar-refractivity contribution is 7.13. The minimum atomic E-state index is -1.08. The number of hydrogen-bond acceptors (Lipinski definition) is 6. The quantitative estimate of drug-likeness (QED) is 0.617. The fourth-order valence-corrected chi connectivity index (χ4v) is 1.86. The number of ether oxygens (including phenoxy) is 1. The van der Waals surface area contributed by atoms with Crippen LogP contribution in [0.3, 0.4) is 0 Å². The van der Waals surface area contributed by atoms with Crippen LogP contribution in [0.25, 0.3) is 0 Å². The van der Waals surface area contributed by atoms with Gasteiger partial charge in [-0.3, -0.25) is 4.79 Å². The van der Waals surface area contributed by atoms with Crippen molar-refractivity contribution >= 4 is 28.3 Å². The Hall–Kier alpha value is -1.67. The van der Waals surface area contributed by atoms with Crippen molar-refractivity contribution < 1.29 is 19.4 Å². The maximum absolute atomic E-state index is 11.7. The van der Waals surface area contributed by atoms with Crippen LogP contribution in [0, 0.1) is 0 Å². The molecule has 0 saturated carbocycles. The Bertz CT molecular complexity index is 421. The zero-order chi connectivity index (χ0) is 13.5. The van der Waals surface area contributed by atoms with Crippen molar-refractivity contribution in [1.29, 1.82) is 0 Å². The van der Waals surface area contributed by atoms with Gasteiger partial charge in [0.15, 0.2) is 5.13 Å². The first-order chi connectivity index (χ1) is 8.54. The first kappa shape index (κ1) is 14.4. The van der Waals surface area contributed by atoms with Crippen LogP contribution in [0.5, 0.6) is 0 Å². The van der Waals surface area contributed by atoms with E-state index in [2.05, 4.69) is 10.3 Å². The van der Waals surface area contributed by atoms with Gasteiger partial charge in [-0.25, -0.2) is 9.78 Å². The number of thiazole rings is 1. The molecule has 4 N–H and O–H groups in total. The molecule has 0 aromatic carbocycles. The molecule has 1 aromatic heterocycles. The number of amides is 1. The van der Waals surface area contributed by atoms with Gasteiger partial charge in [0.25, 0.3) is 5.91 Å². The minimum absolute atomic E-state index is 0.135. The zero-order valence-corrected chi connectivity index (χ0v) is 10.7. The minimum Gasteiger partial charge on any atom is -0.480 e. The lowest BCUT2D eigenvalue weighted by molar-refractivity contribution is -0.139. The molecule has 0 aliphatic rings. The van der Waals surface area contributed by atoms with E-state index >= 15 is 0 Å². The Morgan fingerprint density at radius 1 is 1.67 bits per heavy atom. The van der Waals surface area contributed by atoms with Crippen LogP contribution in [0.1, 0.15) is 23.3 Å². The molecule has 1 aromatic rings. The number of aromatic nitrogens is 1. The second kappa shape index (κ2) is 6.92. The van der Waals surface area contributed by atoms with Crippen molar-refractivity contribution in [3.05, 3.63) is 11.1 Å². The number of carbonyl (C=O) groups excluding carboxylic acids is 1. The van der Waals surface area contributed by atoms with E-state index < -0.39 is 17.9 Å². The highest BCUT2D eigenvalue weighted by Crippen LogP contribution is 2.11. The number of carboxylic acid groups (broad SMARTS) is 1. The second-order valence-electron chi connectivity index (χ2n) is 3.57. The number of rotatable bonds is 7. The van der Waals surface area contributed by atoms with E-state index in [0.29, 0.717) is 19.4 Å². The molecule has 1 rings (SSSR count). The summed E-state index contributed by atoms with van der Waals surface area (Å²) in [5, 5.41) is 13.1. The van der Waals surface area contributed by atoms with Crippen LogP contribution in [0.15, 0.2) is 5.38 Å². The molecule has 0 bridgehead atoms. The molecule has 8 heteroatoms. The number of anilines is 1. The number of nitrogens with two attached hydrogens (primary N) is 1. The lowest BCUT2D eigenvalue weighted by atomic mass is 10.1. The summed E-state index contributed by atoms with van der Waals surface area (Å²) in [7, 11) is 1.53. The lowest BCUT2D eigenvalue weighted by Crippen LogP contribution is -2.41. The molecule has 1 heterocycles. The molecule has 1 amide bonds. The van der Waals surface area contributed by atoms with Gasteiger partial charge in [0.1, 0.15) is 11.7 Å². The smallest absolute Gasteiger partial charge is 0.326 e. The maximum Gasteiger partial charge on any atom is 0.326 e. The normalized spacial score (nSPS) is 12.1. The van der Waals surface area contributed by atoms with Crippen LogP contribution in [-0.4, -0.2) is 41.7 Å². The van der Waals surface area contributed by atoms with Crippen molar-refractivity contribution in [2.45, 2.75) is 18.9 Å². The van der Waals surface area contributed by atoms with Crippen LogP contribution < -0.4 is 11.1 Å². The van der Waals surface area contributed by atoms with E-state index in [9.17, 15) is 9.59 Å². The lowest BCUT2D eigenvalue weighted by Gasteiger charge is -2.13. The predicted molar refractivity (Wildman–Crippen MR) is 66.5 cm³/mol. The summed E-state index contributed by atoms with van der Waals surface area (Å²) >= 11 is 1.13. The number of aliphatic carboxylic acids is 1. The predicted octanol–water partition coefficient (Wildman–Crippen LogP) is 0.335. The van der Waals surface area contributed by atoms with Gasteiger partial charge in [0.05, 0.1) is 0 Å². The zero-order valence-electron chi connectivity index (χ0n) is 9.88. The van der Waals surface area contributed by atoms with Gasteiger partial charge >= 0.3 is 5.97 Å². The Morgan fingerprint density at radius 2 is 2.39 bits per heavy atom. The summed E-state index contributed by atoms with van der Waals surface area (Å²) in [6.07, 6.45) is 0.849. The Labute approximate surface area is 108 Å². The molecular weight excluding hydrogens is 258 g/mol. The average molecular weight is 273 g/mol. The number of hydrogen-bond donors (Lipinski definition) is 3. The number of nitrogens with one attached hydrogen (secondary N) is 1. The Balaban J connectivity index is 2.55. The van der Waals surface area contributed by atoms with Crippen LogP contribution in [-0.2, 0) is 9.53 Å². The molecule has 0 aliphatic heterocycles. The molecule has 100 valence electrons. The first-order valence-corrected chi connectivity index (χ1v) is 6.16. The molecule has 0 saturated heterocycles. The summed E-state index contributed by atoms with van der Waals surface area (Å²) in [4.78, 5) is 26.4. The third-order valence-electron chi connectivity index (χ3n) is 2.20. The average Bonchev–Trinajstić information content (AvgIpc) is 2.74. The van der Waals surface area contributed by atoms with Gasteiger partial charge < -0.3 is 20.9 Å². The summed E-state index contributed by atoms with van der Waals surface area (Å²) in [6, 6.07) is -0.949. The van der Waals surface area contributed by atoms with Crippen LogP contribution in [0.2, 0.25) is 0 Å². The molecule has 0 aliphatic carbocycles. The van der Waals surface area contributed by atoms with Gasteiger partial charge in [0, 0.05) is 19.1 Å². The van der Waals surface area contributed by atoms with Crippen LogP contribution in [0.4, 0.5) is 5.13 Å². The number of nitrogen functional groups attached to an aromatic ring is 1. The SMILES string of the molecule is COCCCC(NC(=O)c1csc(N)n1)C(=O)O. The van der Waals surface area contributed by atoms with E-state index in [1.807, 2.05) is 0 Å². The van der Waals surface area contributed by atoms with Gasteiger partial charge in [-0.05, 0) is 12.8 Å². The Morgan fingerprint density at radius 3 is 2.89 bits per heavy atom. The maximum atomic E-state index is 11.7. The van der Waals surface area contributed by atoms with Crippen molar-refractivity contribution in [3.8, 4) is 0 Å². The fourth-order valence-electron chi connectivity index (χ4n) is 1.31. The third kappa shape index (κ3) is 4.30. The van der Waals surface area contributed by atoms with Gasteiger partial charge in [-0.2, -0.15) is 0 Å². The van der Waals surface area contributed by atoms with E-state index in [0.717, 1.165) is 11.3 Å². The molecule has 1 unspecified atom stereocenters. The fraction of sp³-hybridized carbons (Fsp3) is 0.500. The molecule has 7 nitrogen and oxygen atoms in total. The standard InChI is InChI=1S/C10H15N3O4S/c1-17-4-2-3-6(9(15)16)12-8(14)7-5-18-10(11)13-7/h5-6H,2-4H2,1H3,(H2,11,13)(H,12,14)(H,15,16). The summed E-state index contributed by atoms with van der Waals surface area (Å²) in [5.74, 6) is -1.62. The van der Waals surface area contributed by atoms with Crippen molar-refractivity contribution in [2.24, 2.45) is 0 Å². The van der Waals surface area contributed by atoms with Crippen LogP contribution >= 0.6 is 11.3 Å². The summed E-state index contributed by atoms with van der Waals surface area (Å²) < 4.78 is 4.83. The molecule has 18 heavy (non-hydrogen) atoms. The van der Waals surface area contributed by atoms with E-state index in [1.165, 1.54) is 12.5 Å². The van der Waals surface area contributed by atoms with Gasteiger partial charge in [0.2, 0.25) is 0 Å².